The van der Waals surface area contributed by atoms with E-state index in [0.29, 0.717) is 5.69 Å². The van der Waals surface area contributed by atoms with Gasteiger partial charge in [-0.05, 0) is 36.4 Å². The van der Waals surface area contributed by atoms with Gasteiger partial charge < -0.3 is 15.9 Å². The third-order valence-electron chi connectivity index (χ3n) is 2.92. The van der Waals surface area contributed by atoms with Crippen molar-refractivity contribution in [1.82, 2.24) is 11.1 Å². The molecule has 2 aromatic rings. The average molecular weight is 301 g/mol. The molecule has 0 heterocycles. The van der Waals surface area contributed by atoms with Crippen LogP contribution >= 0.6 is 0 Å². The van der Waals surface area contributed by atoms with E-state index in [1.807, 2.05) is 0 Å². The normalized spacial score (nSPS) is 10.8. The number of hydrazine groups is 2. The van der Waals surface area contributed by atoms with Crippen LogP contribution in [0.25, 0.3) is 0 Å². The number of hydrogen-bond acceptors (Lipinski definition) is 8. The lowest BCUT2D eigenvalue weighted by molar-refractivity contribution is 0.103. The molecular weight excluding hydrogens is 286 g/mol. The lowest BCUT2D eigenvalue weighted by atomic mass is 9.99. The number of carbonyl (C=O) groups is 1. The van der Waals surface area contributed by atoms with Crippen LogP contribution in [0.15, 0.2) is 41.5 Å². The standard InChI is InChI=1S/C14H15N5O3/c15-10-4-1-8(2-5-10)13(21)12-11(20)6-3-9(14(12)22)7-17-19-18-16/h1-7,18-20,22H,15-16H2. The number of nitrogens with one attached hydrogen (secondary N) is 2. The molecule has 8 heteroatoms. The summed E-state index contributed by atoms with van der Waals surface area (Å²) in [5.74, 6) is 3.73. The Balaban J connectivity index is 2.43. The number of nitrogens with zero attached hydrogens (tertiary/aromatic N) is 1. The van der Waals surface area contributed by atoms with Crippen molar-refractivity contribution in [2.24, 2.45) is 10.9 Å². The first-order chi connectivity index (χ1) is 10.5. The highest BCUT2D eigenvalue weighted by Gasteiger charge is 2.20. The SMILES string of the molecule is NNNN=Cc1ccc(O)c(C(=O)c2ccc(N)cc2)c1O. The van der Waals surface area contributed by atoms with Crippen molar-refractivity contribution in [3.05, 3.63) is 53.1 Å². The topological polar surface area (TPSA) is 146 Å². The van der Waals surface area contributed by atoms with Crippen molar-refractivity contribution in [3.63, 3.8) is 0 Å². The van der Waals surface area contributed by atoms with E-state index < -0.39 is 5.78 Å². The zero-order chi connectivity index (χ0) is 16.1. The molecule has 114 valence electrons. The van der Waals surface area contributed by atoms with Crippen LogP contribution in [0.4, 0.5) is 5.69 Å². The van der Waals surface area contributed by atoms with Gasteiger partial charge in [0.15, 0.2) is 0 Å². The van der Waals surface area contributed by atoms with E-state index in [-0.39, 0.29) is 28.2 Å². The maximum atomic E-state index is 12.4. The fourth-order valence-electron chi connectivity index (χ4n) is 1.84. The Morgan fingerprint density at radius 3 is 2.45 bits per heavy atom. The van der Waals surface area contributed by atoms with E-state index in [0.717, 1.165) is 0 Å². The van der Waals surface area contributed by atoms with E-state index in [4.69, 9.17) is 11.6 Å². The molecular formula is C14H15N5O3. The van der Waals surface area contributed by atoms with Gasteiger partial charge in [-0.1, -0.05) is 0 Å². The molecule has 0 saturated heterocycles. The minimum absolute atomic E-state index is 0.213. The van der Waals surface area contributed by atoms with E-state index in [9.17, 15) is 15.0 Å². The molecule has 0 bridgehead atoms. The van der Waals surface area contributed by atoms with Crippen LogP contribution in [0.5, 0.6) is 11.5 Å². The number of ketones is 1. The van der Waals surface area contributed by atoms with Crippen molar-refractivity contribution in [2.45, 2.75) is 0 Å². The lowest BCUT2D eigenvalue weighted by Gasteiger charge is -2.09. The fourth-order valence-corrected chi connectivity index (χ4v) is 1.84. The maximum Gasteiger partial charge on any atom is 0.200 e. The lowest BCUT2D eigenvalue weighted by Crippen LogP contribution is -2.33. The summed E-state index contributed by atoms with van der Waals surface area (Å²) in [6, 6.07) is 8.84. The minimum atomic E-state index is -0.532. The van der Waals surface area contributed by atoms with Gasteiger partial charge in [-0.15, -0.1) is 0 Å². The largest absolute Gasteiger partial charge is 0.507 e. The van der Waals surface area contributed by atoms with Crippen LogP contribution in [-0.4, -0.2) is 22.2 Å². The number of hydrazone groups is 1. The van der Waals surface area contributed by atoms with Crippen LogP contribution < -0.4 is 22.6 Å². The second kappa shape index (κ2) is 6.57. The number of benzene rings is 2. The predicted molar refractivity (Wildman–Crippen MR) is 82.1 cm³/mol. The second-order valence-electron chi connectivity index (χ2n) is 4.36. The van der Waals surface area contributed by atoms with Gasteiger partial charge in [0.05, 0.1) is 6.21 Å². The summed E-state index contributed by atoms with van der Waals surface area (Å²) >= 11 is 0. The number of rotatable bonds is 5. The van der Waals surface area contributed by atoms with Gasteiger partial charge >= 0.3 is 0 Å². The number of hydrogen-bond donors (Lipinski definition) is 6. The summed E-state index contributed by atoms with van der Waals surface area (Å²) in [6.07, 6.45) is 1.24. The number of nitrogens with two attached hydrogens (primary N) is 2. The van der Waals surface area contributed by atoms with Gasteiger partial charge in [0, 0.05) is 16.8 Å². The molecule has 0 saturated carbocycles. The van der Waals surface area contributed by atoms with Crippen molar-refractivity contribution >= 4 is 17.7 Å². The summed E-state index contributed by atoms with van der Waals surface area (Å²) in [7, 11) is 0. The first-order valence-electron chi connectivity index (χ1n) is 6.23. The van der Waals surface area contributed by atoms with Crippen LogP contribution in [0, 0.1) is 0 Å². The molecule has 0 aromatic heterocycles. The predicted octanol–water partition coefficient (Wildman–Crippen LogP) is 0.213. The molecule has 0 amide bonds. The molecule has 0 aliphatic carbocycles. The molecule has 0 aliphatic heterocycles. The van der Waals surface area contributed by atoms with E-state index in [1.54, 1.807) is 12.1 Å². The smallest absolute Gasteiger partial charge is 0.200 e. The molecule has 0 spiro atoms. The minimum Gasteiger partial charge on any atom is -0.507 e. The Labute approximate surface area is 126 Å². The summed E-state index contributed by atoms with van der Waals surface area (Å²) in [5, 5.41) is 23.7. The molecule has 0 unspecified atom stereocenters. The summed E-state index contributed by atoms with van der Waals surface area (Å²) in [6.45, 7) is 0. The Bertz CT molecular complexity index is 713. The first kappa shape index (κ1) is 15.3. The molecule has 2 aromatic carbocycles. The van der Waals surface area contributed by atoms with Gasteiger partial charge in [0.1, 0.15) is 17.1 Å². The van der Waals surface area contributed by atoms with Gasteiger partial charge in [0.25, 0.3) is 0 Å². The number of phenols is 2. The summed E-state index contributed by atoms with van der Waals surface area (Å²) in [4.78, 5) is 12.4. The quantitative estimate of drug-likeness (QED) is 0.152. The molecule has 8 N–H and O–H groups in total. The Morgan fingerprint density at radius 1 is 1.14 bits per heavy atom. The molecule has 0 atom stereocenters. The number of carbonyl (C=O) groups excluding carboxylic acids is 1. The van der Waals surface area contributed by atoms with Crippen molar-refractivity contribution in [1.29, 1.82) is 0 Å². The van der Waals surface area contributed by atoms with Crippen LogP contribution in [-0.2, 0) is 0 Å². The van der Waals surface area contributed by atoms with E-state index >= 15 is 0 Å². The zero-order valence-electron chi connectivity index (χ0n) is 11.4. The van der Waals surface area contributed by atoms with E-state index in [2.05, 4.69) is 16.2 Å². The molecule has 22 heavy (non-hydrogen) atoms. The third kappa shape index (κ3) is 3.14. The second-order valence-corrected chi connectivity index (χ2v) is 4.36. The fraction of sp³-hybridized carbons (Fsp3) is 0. The number of phenolic OH excluding ortho intramolecular Hbond substituents is 2. The highest BCUT2D eigenvalue weighted by Crippen LogP contribution is 2.32. The number of aromatic hydroxyl groups is 2. The Morgan fingerprint density at radius 2 is 1.82 bits per heavy atom. The van der Waals surface area contributed by atoms with Crippen molar-refractivity contribution in [2.75, 3.05) is 5.73 Å². The summed E-state index contributed by atoms with van der Waals surface area (Å²) in [5.41, 5.74) is 10.7. The van der Waals surface area contributed by atoms with Gasteiger partial charge in [-0.3, -0.25) is 10.6 Å². The molecule has 0 radical (unpaired) electrons. The molecule has 0 fully saturated rings. The maximum absolute atomic E-state index is 12.4. The summed E-state index contributed by atoms with van der Waals surface area (Å²) < 4.78 is 0. The van der Waals surface area contributed by atoms with Gasteiger partial charge in [0.2, 0.25) is 5.78 Å². The zero-order valence-corrected chi connectivity index (χ0v) is 11.4. The third-order valence-corrected chi connectivity index (χ3v) is 2.92. The highest BCUT2D eigenvalue weighted by molar-refractivity contribution is 6.13. The molecule has 8 nitrogen and oxygen atoms in total. The van der Waals surface area contributed by atoms with Crippen LogP contribution in [0.1, 0.15) is 21.5 Å². The molecule has 0 aliphatic rings. The van der Waals surface area contributed by atoms with E-state index in [1.165, 1.54) is 30.5 Å². The highest BCUT2D eigenvalue weighted by atomic mass is 16.3. The van der Waals surface area contributed by atoms with Crippen LogP contribution in [0.2, 0.25) is 0 Å². The average Bonchev–Trinajstić information content (AvgIpc) is 2.50. The number of anilines is 1. The first-order valence-corrected chi connectivity index (χ1v) is 6.23. The van der Waals surface area contributed by atoms with Crippen molar-refractivity contribution in [3.8, 4) is 11.5 Å². The monoisotopic (exact) mass is 301 g/mol. The molecule has 2 rings (SSSR count). The number of nitrogen functional groups attached to an aromatic ring is 1. The Kier molecular flexibility index (Phi) is 4.57. The van der Waals surface area contributed by atoms with Gasteiger partial charge in [-0.2, -0.15) is 10.6 Å². The van der Waals surface area contributed by atoms with Gasteiger partial charge in [-0.25, -0.2) is 5.53 Å². The Hall–Kier alpha value is -3.10. The van der Waals surface area contributed by atoms with Crippen molar-refractivity contribution < 1.29 is 15.0 Å². The van der Waals surface area contributed by atoms with Crippen LogP contribution in [0.3, 0.4) is 0 Å².